The summed E-state index contributed by atoms with van der Waals surface area (Å²) in [5, 5.41) is 2.97. The van der Waals surface area contributed by atoms with Gasteiger partial charge in [0.15, 0.2) is 0 Å². The van der Waals surface area contributed by atoms with Crippen LogP contribution in [0.4, 0.5) is 0 Å². The summed E-state index contributed by atoms with van der Waals surface area (Å²) in [4.78, 5) is 29.2. The second kappa shape index (κ2) is 10.6. The summed E-state index contributed by atoms with van der Waals surface area (Å²) in [5.41, 5.74) is 4.94. The molecule has 4 aromatic rings. The third kappa shape index (κ3) is 5.66. The van der Waals surface area contributed by atoms with Gasteiger partial charge in [0.2, 0.25) is 5.91 Å². The molecular weight excluding hydrogens is 414 g/mol. The maximum absolute atomic E-state index is 12.5. The smallest absolute Gasteiger partial charge is 0.326 e. The van der Waals surface area contributed by atoms with Crippen molar-refractivity contribution in [3.8, 4) is 11.1 Å². The van der Waals surface area contributed by atoms with Gasteiger partial charge < -0.3 is 14.6 Å². The number of fused-ring (bicyclic) bond motifs is 1. The number of hydrogen-bond acceptors (Lipinski definition) is 4. The van der Waals surface area contributed by atoms with Crippen LogP contribution in [0.3, 0.4) is 0 Å². The molecule has 0 fully saturated rings. The lowest BCUT2D eigenvalue weighted by Crippen LogP contribution is -2.28. The highest BCUT2D eigenvalue weighted by atomic mass is 16.5. The van der Waals surface area contributed by atoms with E-state index in [2.05, 4.69) is 22.4 Å². The molecule has 0 spiro atoms. The first-order valence-corrected chi connectivity index (χ1v) is 11.1. The molecule has 1 amide bonds. The summed E-state index contributed by atoms with van der Waals surface area (Å²) in [6.07, 6.45) is 0.834. The Morgan fingerprint density at radius 3 is 2.36 bits per heavy atom. The molecule has 33 heavy (non-hydrogen) atoms. The van der Waals surface area contributed by atoms with E-state index in [9.17, 15) is 9.59 Å². The lowest BCUT2D eigenvalue weighted by Gasteiger charge is -2.10. The summed E-state index contributed by atoms with van der Waals surface area (Å²) < 4.78 is 6.97. The van der Waals surface area contributed by atoms with Crippen molar-refractivity contribution in [1.29, 1.82) is 0 Å². The number of benzene rings is 3. The van der Waals surface area contributed by atoms with Gasteiger partial charge >= 0.3 is 5.97 Å². The molecule has 1 aromatic heterocycles. The van der Waals surface area contributed by atoms with E-state index < -0.39 is 0 Å². The maximum Gasteiger partial charge on any atom is 0.326 e. The van der Waals surface area contributed by atoms with Gasteiger partial charge in [0, 0.05) is 13.0 Å². The van der Waals surface area contributed by atoms with E-state index >= 15 is 0 Å². The molecule has 0 radical (unpaired) electrons. The van der Waals surface area contributed by atoms with Crippen molar-refractivity contribution in [2.75, 3.05) is 13.2 Å². The standard InChI is InChI=1S/C27H27N3O3/c1-2-33-27(32)19-30-24-11-7-6-10-23(24)29-25(30)16-17-28-26(31)18-20-12-14-22(15-13-20)21-8-4-3-5-9-21/h3-15H,2,16-19H2,1H3,(H,28,31). The highest BCUT2D eigenvalue weighted by molar-refractivity contribution is 5.80. The first-order valence-electron chi connectivity index (χ1n) is 11.1. The van der Waals surface area contributed by atoms with Gasteiger partial charge in [0.25, 0.3) is 0 Å². The largest absolute Gasteiger partial charge is 0.465 e. The molecule has 0 saturated heterocycles. The molecular formula is C27H27N3O3. The lowest BCUT2D eigenvalue weighted by atomic mass is 10.0. The summed E-state index contributed by atoms with van der Waals surface area (Å²) in [6, 6.07) is 25.9. The third-order valence-corrected chi connectivity index (χ3v) is 5.42. The Morgan fingerprint density at radius 1 is 0.909 bits per heavy atom. The number of aromatic nitrogens is 2. The van der Waals surface area contributed by atoms with Crippen LogP contribution in [0, 0.1) is 0 Å². The fraction of sp³-hybridized carbons (Fsp3) is 0.222. The summed E-state index contributed by atoms with van der Waals surface area (Å²) >= 11 is 0. The number of ether oxygens (including phenoxy) is 1. The number of carbonyl (C=O) groups excluding carboxylic acids is 2. The van der Waals surface area contributed by atoms with Gasteiger partial charge in [-0.25, -0.2) is 4.98 Å². The molecule has 0 bridgehead atoms. The van der Waals surface area contributed by atoms with Crippen LogP contribution in [0.1, 0.15) is 18.3 Å². The summed E-state index contributed by atoms with van der Waals surface area (Å²) in [5.74, 6) is 0.400. The van der Waals surface area contributed by atoms with Gasteiger partial charge in [-0.15, -0.1) is 0 Å². The summed E-state index contributed by atoms with van der Waals surface area (Å²) in [6.45, 7) is 2.66. The second-order valence-electron chi connectivity index (χ2n) is 7.75. The molecule has 3 aromatic carbocycles. The zero-order valence-electron chi connectivity index (χ0n) is 18.7. The van der Waals surface area contributed by atoms with Gasteiger partial charge in [-0.05, 0) is 35.7 Å². The predicted octanol–water partition coefficient (Wildman–Crippen LogP) is 4.17. The van der Waals surface area contributed by atoms with Crippen molar-refractivity contribution >= 4 is 22.9 Å². The number of rotatable bonds is 9. The van der Waals surface area contributed by atoms with E-state index in [4.69, 9.17) is 4.74 Å². The van der Waals surface area contributed by atoms with Crippen LogP contribution in [-0.4, -0.2) is 34.6 Å². The number of nitrogens with zero attached hydrogens (tertiary/aromatic N) is 2. The van der Waals surface area contributed by atoms with Gasteiger partial charge in [0.1, 0.15) is 12.4 Å². The van der Waals surface area contributed by atoms with Crippen molar-refractivity contribution in [2.45, 2.75) is 26.3 Å². The van der Waals surface area contributed by atoms with Crippen molar-refractivity contribution in [3.05, 3.63) is 90.3 Å². The molecule has 0 aliphatic carbocycles. The van der Waals surface area contributed by atoms with E-state index in [1.807, 2.05) is 71.3 Å². The quantitative estimate of drug-likeness (QED) is 0.396. The van der Waals surface area contributed by atoms with Crippen molar-refractivity contribution < 1.29 is 14.3 Å². The Morgan fingerprint density at radius 2 is 1.61 bits per heavy atom. The molecule has 6 heteroatoms. The Kier molecular flexibility index (Phi) is 7.15. The van der Waals surface area contributed by atoms with Crippen molar-refractivity contribution in [3.63, 3.8) is 0 Å². The number of esters is 1. The molecule has 0 atom stereocenters. The van der Waals surface area contributed by atoms with Crippen molar-refractivity contribution in [2.24, 2.45) is 0 Å². The fourth-order valence-corrected chi connectivity index (χ4v) is 3.84. The SMILES string of the molecule is CCOC(=O)Cn1c(CCNC(=O)Cc2ccc(-c3ccccc3)cc2)nc2ccccc21. The average Bonchev–Trinajstić information content (AvgIpc) is 3.17. The van der Waals surface area contributed by atoms with Crippen LogP contribution < -0.4 is 5.32 Å². The first kappa shape index (κ1) is 22.3. The minimum atomic E-state index is -0.301. The molecule has 0 unspecified atom stereocenters. The van der Waals surface area contributed by atoms with E-state index in [-0.39, 0.29) is 18.4 Å². The number of hydrogen-bond donors (Lipinski definition) is 1. The minimum absolute atomic E-state index is 0.0458. The monoisotopic (exact) mass is 441 g/mol. The Bertz CT molecular complexity index is 1230. The molecule has 0 aliphatic rings. The van der Waals surface area contributed by atoms with E-state index in [0.717, 1.165) is 33.5 Å². The van der Waals surface area contributed by atoms with Crippen LogP contribution in [-0.2, 0) is 33.7 Å². The number of amides is 1. The third-order valence-electron chi connectivity index (χ3n) is 5.42. The number of imidazole rings is 1. The molecule has 0 aliphatic heterocycles. The molecule has 1 N–H and O–H groups in total. The normalized spacial score (nSPS) is 10.8. The summed E-state index contributed by atoms with van der Waals surface area (Å²) in [7, 11) is 0. The molecule has 1 heterocycles. The van der Waals surface area contributed by atoms with Crippen LogP contribution in [0.15, 0.2) is 78.9 Å². The highest BCUT2D eigenvalue weighted by Crippen LogP contribution is 2.19. The first-order chi connectivity index (χ1) is 16.1. The lowest BCUT2D eigenvalue weighted by molar-refractivity contribution is -0.143. The minimum Gasteiger partial charge on any atom is -0.465 e. The van der Waals surface area contributed by atoms with E-state index in [1.165, 1.54) is 0 Å². The van der Waals surface area contributed by atoms with Gasteiger partial charge in [-0.1, -0.05) is 66.7 Å². The topological polar surface area (TPSA) is 73.2 Å². The van der Waals surface area contributed by atoms with Gasteiger partial charge in [0.05, 0.1) is 24.1 Å². The Hall–Kier alpha value is -3.93. The average molecular weight is 442 g/mol. The van der Waals surface area contributed by atoms with Gasteiger partial charge in [-0.3, -0.25) is 9.59 Å². The highest BCUT2D eigenvalue weighted by Gasteiger charge is 2.14. The molecule has 168 valence electrons. The number of para-hydroxylation sites is 2. The predicted molar refractivity (Wildman–Crippen MR) is 129 cm³/mol. The zero-order valence-corrected chi connectivity index (χ0v) is 18.7. The maximum atomic E-state index is 12.5. The number of carbonyl (C=O) groups is 2. The molecule has 4 rings (SSSR count). The van der Waals surface area contributed by atoms with Crippen molar-refractivity contribution in [1.82, 2.24) is 14.9 Å². The van der Waals surface area contributed by atoms with E-state index in [1.54, 1.807) is 6.92 Å². The Balaban J connectivity index is 1.35. The fourth-order valence-electron chi connectivity index (χ4n) is 3.84. The molecule has 0 saturated carbocycles. The van der Waals surface area contributed by atoms with E-state index in [0.29, 0.717) is 26.0 Å². The van der Waals surface area contributed by atoms with Gasteiger partial charge in [-0.2, -0.15) is 0 Å². The van der Waals surface area contributed by atoms with Crippen LogP contribution in [0.25, 0.3) is 22.2 Å². The van der Waals surface area contributed by atoms with Crippen LogP contribution >= 0.6 is 0 Å². The van der Waals surface area contributed by atoms with Crippen LogP contribution in [0.2, 0.25) is 0 Å². The zero-order chi connectivity index (χ0) is 23.0. The van der Waals surface area contributed by atoms with Crippen LogP contribution in [0.5, 0.6) is 0 Å². The second-order valence-corrected chi connectivity index (χ2v) is 7.75. The number of nitrogens with one attached hydrogen (secondary N) is 1. The molecule has 6 nitrogen and oxygen atoms in total. The Labute approximate surface area is 193 Å².